The highest BCUT2D eigenvalue weighted by molar-refractivity contribution is 5.75. The van der Waals surface area contributed by atoms with Crippen LogP contribution in [0.1, 0.15) is 18.5 Å². The first-order valence-corrected chi connectivity index (χ1v) is 5.23. The van der Waals surface area contributed by atoms with Gasteiger partial charge in [-0.1, -0.05) is 0 Å². The Labute approximate surface area is 102 Å². The van der Waals surface area contributed by atoms with Gasteiger partial charge in [-0.2, -0.15) is 13.2 Å². The third-order valence-corrected chi connectivity index (χ3v) is 2.13. The fourth-order valence-corrected chi connectivity index (χ4v) is 1.21. The van der Waals surface area contributed by atoms with Gasteiger partial charge in [-0.25, -0.2) is 0 Å². The van der Waals surface area contributed by atoms with Crippen LogP contribution < -0.4 is 10.1 Å². The van der Waals surface area contributed by atoms with Gasteiger partial charge in [0.2, 0.25) is 5.91 Å². The molecule has 1 aromatic heterocycles. The number of halogens is 3. The Morgan fingerprint density at radius 2 is 2.22 bits per heavy atom. The van der Waals surface area contributed by atoms with E-state index in [9.17, 15) is 18.0 Å². The molecule has 0 radical (unpaired) electrons. The van der Waals surface area contributed by atoms with Crippen LogP contribution >= 0.6 is 0 Å². The second kappa shape index (κ2) is 6.23. The van der Waals surface area contributed by atoms with E-state index in [0.717, 1.165) is 0 Å². The Morgan fingerprint density at radius 1 is 1.50 bits per heavy atom. The van der Waals surface area contributed by atoms with Crippen LogP contribution in [0.2, 0.25) is 0 Å². The Bertz CT molecular complexity index is 408. The van der Waals surface area contributed by atoms with Crippen LogP contribution in [-0.2, 0) is 11.3 Å². The summed E-state index contributed by atoms with van der Waals surface area (Å²) in [6.07, 6.45) is -4.51. The molecule has 1 heterocycles. The monoisotopic (exact) mass is 262 g/mol. The minimum absolute atomic E-state index is 0.0773. The molecule has 4 nitrogen and oxygen atoms in total. The molecule has 100 valence electrons. The third kappa shape index (κ3) is 5.51. The van der Waals surface area contributed by atoms with Crippen LogP contribution in [0.15, 0.2) is 18.3 Å². The van der Waals surface area contributed by atoms with Gasteiger partial charge in [0.05, 0.1) is 25.8 Å². The maximum Gasteiger partial charge on any atom is 0.389 e. The first-order chi connectivity index (χ1) is 8.40. The van der Waals surface area contributed by atoms with E-state index in [1.54, 1.807) is 12.1 Å². The second-order valence-corrected chi connectivity index (χ2v) is 3.58. The molecular weight excluding hydrogens is 249 g/mol. The number of aromatic nitrogens is 1. The van der Waals surface area contributed by atoms with Crippen molar-refractivity contribution < 1.29 is 22.7 Å². The molecule has 1 rings (SSSR count). The van der Waals surface area contributed by atoms with Gasteiger partial charge >= 0.3 is 6.18 Å². The minimum Gasteiger partial charge on any atom is -0.497 e. The number of ether oxygens (including phenoxy) is 1. The van der Waals surface area contributed by atoms with Gasteiger partial charge in [0.15, 0.2) is 0 Å². The lowest BCUT2D eigenvalue weighted by atomic mass is 10.3. The van der Waals surface area contributed by atoms with Crippen molar-refractivity contribution in [2.24, 2.45) is 0 Å². The number of rotatable bonds is 5. The molecule has 0 aliphatic carbocycles. The van der Waals surface area contributed by atoms with E-state index in [4.69, 9.17) is 4.74 Å². The standard InChI is InChI=1S/C11H13F3N2O2/c1-18-9-3-5-15-8(6-9)7-16-10(17)2-4-11(12,13)14/h3,5-6H,2,4,7H2,1H3,(H,16,17). The summed E-state index contributed by atoms with van der Waals surface area (Å²) in [4.78, 5) is 15.1. The Morgan fingerprint density at radius 3 is 2.83 bits per heavy atom. The molecule has 0 aliphatic rings. The summed E-state index contributed by atoms with van der Waals surface area (Å²) >= 11 is 0. The number of hydrogen-bond acceptors (Lipinski definition) is 3. The van der Waals surface area contributed by atoms with E-state index in [1.165, 1.54) is 13.3 Å². The number of carbonyl (C=O) groups is 1. The summed E-state index contributed by atoms with van der Waals surface area (Å²) in [5.41, 5.74) is 0.523. The number of alkyl halides is 3. The van der Waals surface area contributed by atoms with Gasteiger partial charge < -0.3 is 10.1 Å². The molecule has 0 spiro atoms. The van der Waals surface area contributed by atoms with Crippen LogP contribution in [0, 0.1) is 0 Å². The van der Waals surface area contributed by atoms with Crippen molar-refractivity contribution in [3.8, 4) is 5.75 Å². The summed E-state index contributed by atoms with van der Waals surface area (Å²) in [7, 11) is 1.49. The molecule has 0 unspecified atom stereocenters. The highest BCUT2D eigenvalue weighted by Crippen LogP contribution is 2.21. The average molecular weight is 262 g/mol. The van der Waals surface area contributed by atoms with Crippen LogP contribution in [0.3, 0.4) is 0 Å². The Hall–Kier alpha value is -1.79. The van der Waals surface area contributed by atoms with Crippen molar-refractivity contribution in [3.63, 3.8) is 0 Å². The number of carbonyl (C=O) groups excluding carboxylic acids is 1. The molecule has 0 saturated carbocycles. The molecule has 1 N–H and O–H groups in total. The van der Waals surface area contributed by atoms with E-state index in [1.807, 2.05) is 0 Å². The van der Waals surface area contributed by atoms with E-state index >= 15 is 0 Å². The van der Waals surface area contributed by atoms with Crippen molar-refractivity contribution in [3.05, 3.63) is 24.0 Å². The van der Waals surface area contributed by atoms with Gasteiger partial charge in [-0.3, -0.25) is 9.78 Å². The smallest absolute Gasteiger partial charge is 0.389 e. The molecule has 0 aliphatic heterocycles. The van der Waals surface area contributed by atoms with Crippen molar-refractivity contribution in [2.75, 3.05) is 7.11 Å². The highest BCUT2D eigenvalue weighted by atomic mass is 19.4. The van der Waals surface area contributed by atoms with Gasteiger partial charge in [-0.05, 0) is 6.07 Å². The number of methoxy groups -OCH3 is 1. The van der Waals surface area contributed by atoms with Gasteiger partial charge in [0.1, 0.15) is 5.75 Å². The maximum absolute atomic E-state index is 11.9. The van der Waals surface area contributed by atoms with Crippen LogP contribution in [-0.4, -0.2) is 24.2 Å². The first kappa shape index (κ1) is 14.3. The lowest BCUT2D eigenvalue weighted by Gasteiger charge is -2.07. The fourth-order valence-electron chi connectivity index (χ4n) is 1.21. The molecule has 0 atom stereocenters. The van der Waals surface area contributed by atoms with Crippen molar-refractivity contribution in [2.45, 2.75) is 25.6 Å². The molecule has 18 heavy (non-hydrogen) atoms. The van der Waals surface area contributed by atoms with Gasteiger partial charge in [0, 0.05) is 18.7 Å². The molecule has 0 aromatic carbocycles. The number of hydrogen-bond donors (Lipinski definition) is 1. The number of nitrogens with one attached hydrogen (secondary N) is 1. The molecular formula is C11H13F3N2O2. The van der Waals surface area contributed by atoms with Crippen LogP contribution in [0.5, 0.6) is 5.75 Å². The zero-order chi connectivity index (χ0) is 13.6. The Kier molecular flexibility index (Phi) is 4.94. The van der Waals surface area contributed by atoms with Crippen molar-refractivity contribution >= 4 is 5.91 Å². The van der Waals surface area contributed by atoms with E-state index in [2.05, 4.69) is 10.3 Å². The summed E-state index contributed by atoms with van der Waals surface area (Å²) in [5, 5.41) is 2.37. The molecule has 0 saturated heterocycles. The number of pyridine rings is 1. The maximum atomic E-state index is 11.9. The third-order valence-electron chi connectivity index (χ3n) is 2.13. The molecule has 0 fully saturated rings. The van der Waals surface area contributed by atoms with Crippen molar-refractivity contribution in [1.29, 1.82) is 0 Å². The topological polar surface area (TPSA) is 51.2 Å². The predicted molar refractivity (Wildman–Crippen MR) is 57.9 cm³/mol. The molecule has 0 bridgehead atoms. The van der Waals surface area contributed by atoms with E-state index < -0.39 is 24.9 Å². The first-order valence-electron chi connectivity index (χ1n) is 5.23. The highest BCUT2D eigenvalue weighted by Gasteiger charge is 2.27. The SMILES string of the molecule is COc1ccnc(CNC(=O)CCC(F)(F)F)c1. The zero-order valence-corrected chi connectivity index (χ0v) is 9.75. The molecule has 1 amide bonds. The average Bonchev–Trinajstić information content (AvgIpc) is 2.33. The lowest BCUT2D eigenvalue weighted by Crippen LogP contribution is -2.24. The largest absolute Gasteiger partial charge is 0.497 e. The summed E-state index contributed by atoms with van der Waals surface area (Å²) in [6.45, 7) is 0.0773. The summed E-state index contributed by atoms with van der Waals surface area (Å²) in [5.74, 6) is -0.0820. The number of nitrogens with zero attached hydrogens (tertiary/aromatic N) is 1. The number of amides is 1. The minimum atomic E-state index is -4.31. The van der Waals surface area contributed by atoms with E-state index in [-0.39, 0.29) is 6.54 Å². The van der Waals surface area contributed by atoms with Gasteiger partial charge in [0.25, 0.3) is 0 Å². The van der Waals surface area contributed by atoms with Crippen LogP contribution in [0.25, 0.3) is 0 Å². The fraction of sp³-hybridized carbons (Fsp3) is 0.455. The normalized spacial score (nSPS) is 11.1. The second-order valence-electron chi connectivity index (χ2n) is 3.58. The van der Waals surface area contributed by atoms with Crippen molar-refractivity contribution in [1.82, 2.24) is 10.3 Å². The zero-order valence-electron chi connectivity index (χ0n) is 9.75. The molecule has 1 aromatic rings. The lowest BCUT2D eigenvalue weighted by molar-refractivity contribution is -0.144. The Balaban J connectivity index is 2.38. The summed E-state index contributed by atoms with van der Waals surface area (Å²) < 4.78 is 40.6. The van der Waals surface area contributed by atoms with Gasteiger partial charge in [-0.15, -0.1) is 0 Å². The van der Waals surface area contributed by atoms with E-state index in [0.29, 0.717) is 11.4 Å². The summed E-state index contributed by atoms with van der Waals surface area (Å²) in [6, 6.07) is 3.24. The van der Waals surface area contributed by atoms with Crippen LogP contribution in [0.4, 0.5) is 13.2 Å². The molecule has 7 heteroatoms. The quantitative estimate of drug-likeness (QED) is 0.883. The predicted octanol–water partition coefficient (Wildman–Crippen LogP) is 2.05.